The van der Waals surface area contributed by atoms with Crippen molar-refractivity contribution in [2.75, 3.05) is 0 Å². The van der Waals surface area contributed by atoms with E-state index in [4.69, 9.17) is 0 Å². The maximum Gasteiger partial charge on any atom is -0.0417 e. The van der Waals surface area contributed by atoms with Crippen LogP contribution >= 0.6 is 0 Å². The van der Waals surface area contributed by atoms with Crippen LogP contribution in [0.15, 0.2) is 0 Å². The zero-order valence-electron chi connectivity index (χ0n) is 7.40. The fourth-order valence-electron chi connectivity index (χ4n) is 2.05. The van der Waals surface area contributed by atoms with Crippen LogP contribution in [0.25, 0.3) is 0 Å². The van der Waals surface area contributed by atoms with Gasteiger partial charge in [0.25, 0.3) is 0 Å². The van der Waals surface area contributed by atoms with Crippen LogP contribution in [-0.2, 0) is 0 Å². The molecule has 13 heavy (non-hydrogen) atoms. The molecule has 1 fully saturated rings. The Kier molecular flexibility index (Phi) is 14.5. The maximum absolute atomic E-state index is 2.33. The Labute approximate surface area is 87.1 Å². The Bertz CT molecular complexity index is 66.0. The molecule has 84 valence electrons. The first-order chi connectivity index (χ1) is 4.86. The van der Waals surface area contributed by atoms with Gasteiger partial charge in [0.15, 0.2) is 0 Å². The van der Waals surface area contributed by atoms with Gasteiger partial charge in [-0.25, -0.2) is 0 Å². The van der Waals surface area contributed by atoms with E-state index >= 15 is 0 Å². The van der Waals surface area contributed by atoms with Crippen LogP contribution in [-0.4, -0.2) is 0 Å². The molecule has 0 unspecified atom stereocenters. The zero-order valence-corrected chi connectivity index (χ0v) is 7.40. The molecule has 0 aromatic carbocycles. The van der Waals surface area contributed by atoms with Crippen LogP contribution in [0.5, 0.6) is 0 Å². The molecule has 1 aliphatic rings. The normalized spacial score (nSPS) is 26.3. The standard InChI is InChI=1S/C10H20.3CH4/c1-3-9-5-7-10(4-2)8-6-9;;;/h9-10H,3-8H2,1-2H3;3*1H4. The predicted molar refractivity (Wildman–Crippen MR) is 66.2 cm³/mol. The first kappa shape index (κ1) is 18.7. The summed E-state index contributed by atoms with van der Waals surface area (Å²) in [6.07, 6.45) is 8.86. The van der Waals surface area contributed by atoms with Gasteiger partial charge in [-0.05, 0) is 11.8 Å². The van der Waals surface area contributed by atoms with Gasteiger partial charge in [-0.15, -0.1) is 0 Å². The first-order valence-electron chi connectivity index (χ1n) is 4.86. The lowest BCUT2D eigenvalue weighted by Gasteiger charge is -2.26. The van der Waals surface area contributed by atoms with Gasteiger partial charge in [0.05, 0.1) is 0 Å². The zero-order chi connectivity index (χ0) is 7.40. The lowest BCUT2D eigenvalue weighted by molar-refractivity contribution is 0.264. The summed E-state index contributed by atoms with van der Waals surface area (Å²) in [4.78, 5) is 0. The quantitative estimate of drug-likeness (QED) is 0.535. The second kappa shape index (κ2) is 10.1. The minimum Gasteiger partial charge on any atom is -0.0776 e. The summed E-state index contributed by atoms with van der Waals surface area (Å²) in [5.41, 5.74) is 0. The molecule has 0 saturated heterocycles. The Hall–Kier alpha value is 0. The second-order valence-corrected chi connectivity index (χ2v) is 3.70. The van der Waals surface area contributed by atoms with Gasteiger partial charge >= 0.3 is 0 Å². The van der Waals surface area contributed by atoms with E-state index in [9.17, 15) is 0 Å². The SMILES string of the molecule is C.C.C.CCC1CCC(CC)CC1. The van der Waals surface area contributed by atoms with E-state index in [2.05, 4.69) is 13.8 Å². The highest BCUT2D eigenvalue weighted by atomic mass is 14.2. The predicted octanol–water partition coefficient (Wildman–Crippen LogP) is 5.52. The Morgan fingerprint density at radius 2 is 0.923 bits per heavy atom. The van der Waals surface area contributed by atoms with Crippen LogP contribution in [0.2, 0.25) is 0 Å². The van der Waals surface area contributed by atoms with Crippen molar-refractivity contribution in [2.24, 2.45) is 11.8 Å². The molecule has 1 rings (SSSR count). The fourth-order valence-corrected chi connectivity index (χ4v) is 2.05. The third-order valence-corrected chi connectivity index (χ3v) is 3.12. The lowest BCUT2D eigenvalue weighted by Crippen LogP contribution is -2.12. The highest BCUT2D eigenvalue weighted by Crippen LogP contribution is 2.31. The fraction of sp³-hybridized carbons (Fsp3) is 1.00. The average molecular weight is 188 g/mol. The van der Waals surface area contributed by atoms with Crippen LogP contribution in [0.1, 0.15) is 74.7 Å². The van der Waals surface area contributed by atoms with Crippen molar-refractivity contribution < 1.29 is 0 Å². The number of hydrogen-bond donors (Lipinski definition) is 0. The van der Waals surface area contributed by atoms with Crippen molar-refractivity contribution in [2.45, 2.75) is 74.7 Å². The van der Waals surface area contributed by atoms with Crippen LogP contribution in [0.3, 0.4) is 0 Å². The van der Waals surface area contributed by atoms with Crippen LogP contribution in [0.4, 0.5) is 0 Å². The van der Waals surface area contributed by atoms with E-state index in [-0.39, 0.29) is 22.3 Å². The molecule has 0 N–H and O–H groups in total. The molecule has 0 radical (unpaired) electrons. The molecular weight excluding hydrogens is 156 g/mol. The molecule has 0 aliphatic heterocycles. The summed E-state index contributed by atoms with van der Waals surface area (Å²) in [5, 5.41) is 0. The van der Waals surface area contributed by atoms with E-state index in [0.717, 1.165) is 11.8 Å². The third-order valence-electron chi connectivity index (χ3n) is 3.12. The molecule has 0 bridgehead atoms. The summed E-state index contributed by atoms with van der Waals surface area (Å²) in [5.74, 6) is 2.14. The van der Waals surface area contributed by atoms with Crippen molar-refractivity contribution in [1.82, 2.24) is 0 Å². The molecule has 0 heteroatoms. The molecule has 1 saturated carbocycles. The molecule has 0 aromatic heterocycles. The van der Waals surface area contributed by atoms with Crippen molar-refractivity contribution in [3.05, 3.63) is 0 Å². The molecule has 0 aromatic rings. The summed E-state index contributed by atoms with van der Waals surface area (Å²) >= 11 is 0. The Morgan fingerprint density at radius 3 is 1.08 bits per heavy atom. The minimum atomic E-state index is 0. The van der Waals surface area contributed by atoms with Gasteiger partial charge in [-0.1, -0.05) is 74.7 Å². The highest BCUT2D eigenvalue weighted by Gasteiger charge is 2.17. The Morgan fingerprint density at radius 1 is 0.692 bits per heavy atom. The smallest absolute Gasteiger partial charge is 0.0417 e. The largest absolute Gasteiger partial charge is 0.0776 e. The van der Waals surface area contributed by atoms with Crippen molar-refractivity contribution in [3.63, 3.8) is 0 Å². The van der Waals surface area contributed by atoms with E-state index in [1.54, 1.807) is 0 Å². The number of hydrogen-bond acceptors (Lipinski definition) is 0. The molecular formula is C13H32. The highest BCUT2D eigenvalue weighted by molar-refractivity contribution is 4.70. The number of rotatable bonds is 2. The van der Waals surface area contributed by atoms with Gasteiger partial charge in [-0.3, -0.25) is 0 Å². The monoisotopic (exact) mass is 188 g/mol. The van der Waals surface area contributed by atoms with Crippen LogP contribution in [0, 0.1) is 11.8 Å². The molecule has 0 nitrogen and oxygen atoms in total. The van der Waals surface area contributed by atoms with E-state index in [1.807, 2.05) is 0 Å². The molecule has 0 spiro atoms. The molecule has 0 amide bonds. The summed E-state index contributed by atoms with van der Waals surface area (Å²) in [7, 11) is 0. The van der Waals surface area contributed by atoms with E-state index in [0.29, 0.717) is 0 Å². The molecule has 0 atom stereocenters. The van der Waals surface area contributed by atoms with Gasteiger partial charge in [0.2, 0.25) is 0 Å². The average Bonchev–Trinajstić information content (AvgIpc) is 2.05. The molecule has 1 aliphatic carbocycles. The summed E-state index contributed by atoms with van der Waals surface area (Å²) < 4.78 is 0. The third kappa shape index (κ3) is 6.12. The van der Waals surface area contributed by atoms with Gasteiger partial charge in [0, 0.05) is 0 Å². The van der Waals surface area contributed by atoms with Crippen LogP contribution < -0.4 is 0 Å². The molecule has 0 heterocycles. The van der Waals surface area contributed by atoms with Gasteiger partial charge in [-0.2, -0.15) is 0 Å². The van der Waals surface area contributed by atoms with Gasteiger partial charge in [0.1, 0.15) is 0 Å². The minimum absolute atomic E-state index is 0. The summed E-state index contributed by atoms with van der Waals surface area (Å²) in [6, 6.07) is 0. The topological polar surface area (TPSA) is 0 Å². The Balaban J connectivity index is -0.000000333. The van der Waals surface area contributed by atoms with E-state index < -0.39 is 0 Å². The van der Waals surface area contributed by atoms with E-state index in [1.165, 1.54) is 38.5 Å². The van der Waals surface area contributed by atoms with Gasteiger partial charge < -0.3 is 0 Å². The second-order valence-electron chi connectivity index (χ2n) is 3.70. The maximum atomic E-state index is 2.33. The first-order valence-corrected chi connectivity index (χ1v) is 4.86. The lowest BCUT2D eigenvalue weighted by atomic mass is 9.80. The summed E-state index contributed by atoms with van der Waals surface area (Å²) in [6.45, 7) is 4.66. The van der Waals surface area contributed by atoms with Crippen molar-refractivity contribution >= 4 is 0 Å². The van der Waals surface area contributed by atoms with Crippen molar-refractivity contribution in [3.8, 4) is 0 Å². The van der Waals surface area contributed by atoms with Crippen molar-refractivity contribution in [1.29, 1.82) is 0 Å².